The topological polar surface area (TPSA) is 52.2 Å². The number of rotatable bonds is 5. The molecule has 0 aromatic rings. The van der Waals surface area contributed by atoms with Crippen molar-refractivity contribution in [3.05, 3.63) is 12.3 Å². The van der Waals surface area contributed by atoms with Crippen LogP contribution in [-0.2, 0) is 11.3 Å². The Morgan fingerprint density at radius 3 is 2.90 bits per heavy atom. The molecular weight excluding hydrogens is 150 g/mol. The van der Waals surface area contributed by atoms with Gasteiger partial charge in [-0.3, -0.25) is 4.21 Å². The third-order valence-corrected chi connectivity index (χ3v) is 1.33. The molecule has 0 bridgehead atoms. The summed E-state index contributed by atoms with van der Waals surface area (Å²) in [6, 6.07) is 0. The van der Waals surface area contributed by atoms with Crippen molar-refractivity contribution in [3.8, 4) is 0 Å². The first kappa shape index (κ1) is 9.65. The van der Waals surface area contributed by atoms with Crippen LogP contribution in [0.1, 0.15) is 26.2 Å². The van der Waals surface area contributed by atoms with Gasteiger partial charge < -0.3 is 9.27 Å². The number of unbranched alkanes of at least 4 members (excludes halogenated alkanes) is 2. The molecule has 1 unspecified atom stereocenters. The van der Waals surface area contributed by atoms with E-state index in [0.717, 1.165) is 19.3 Å². The Morgan fingerprint density at radius 2 is 2.40 bits per heavy atom. The van der Waals surface area contributed by atoms with E-state index >= 15 is 0 Å². The molecule has 0 spiro atoms. The van der Waals surface area contributed by atoms with E-state index in [4.69, 9.17) is 0 Å². The fourth-order valence-corrected chi connectivity index (χ4v) is 0.716. The van der Waals surface area contributed by atoms with E-state index in [-0.39, 0.29) is 0 Å². The summed E-state index contributed by atoms with van der Waals surface area (Å²) in [7, 11) is 0. The highest BCUT2D eigenvalue weighted by molar-refractivity contribution is 7.77. The number of hydrogen-bond acceptors (Lipinski definition) is 2. The Hall–Kier alpha value is -0.350. The van der Waals surface area contributed by atoms with Crippen LogP contribution in [0.3, 0.4) is 0 Å². The normalized spacial score (nSPS) is 13.8. The zero-order valence-corrected chi connectivity index (χ0v) is 6.82. The van der Waals surface area contributed by atoms with E-state index in [2.05, 4.69) is 11.6 Å². The lowest BCUT2D eigenvalue weighted by Crippen LogP contribution is -2.07. The van der Waals surface area contributed by atoms with Crippen molar-refractivity contribution >= 4 is 11.3 Å². The molecule has 0 saturated heterocycles. The second kappa shape index (κ2) is 6.77. The number of nitrogens with one attached hydrogen (secondary N) is 1. The largest absolute Gasteiger partial charge is 0.755 e. The summed E-state index contributed by atoms with van der Waals surface area (Å²) in [4.78, 5) is 0. The molecule has 1 atom stereocenters. The molecule has 10 heavy (non-hydrogen) atoms. The molecule has 3 nitrogen and oxygen atoms in total. The van der Waals surface area contributed by atoms with Crippen molar-refractivity contribution < 1.29 is 8.76 Å². The maximum atomic E-state index is 9.87. The molecule has 0 fully saturated rings. The fraction of sp³-hybridized carbons (Fsp3) is 0.667. The highest BCUT2D eigenvalue weighted by Crippen LogP contribution is 1.93. The van der Waals surface area contributed by atoms with Gasteiger partial charge in [-0.15, -0.1) is 0 Å². The van der Waals surface area contributed by atoms with E-state index in [1.165, 1.54) is 6.20 Å². The van der Waals surface area contributed by atoms with Gasteiger partial charge >= 0.3 is 0 Å². The van der Waals surface area contributed by atoms with E-state index in [0.29, 0.717) is 0 Å². The average molecular weight is 162 g/mol. The summed E-state index contributed by atoms with van der Waals surface area (Å²) in [5.74, 6) is 0. The van der Waals surface area contributed by atoms with Crippen LogP contribution in [-0.4, -0.2) is 8.76 Å². The first-order valence-electron chi connectivity index (χ1n) is 3.27. The van der Waals surface area contributed by atoms with Crippen LogP contribution in [0.25, 0.3) is 0 Å². The van der Waals surface area contributed by atoms with Crippen molar-refractivity contribution in [2.24, 2.45) is 0 Å². The molecule has 0 heterocycles. The summed E-state index contributed by atoms with van der Waals surface area (Å²) >= 11 is -2.16. The highest BCUT2D eigenvalue weighted by atomic mass is 32.2. The van der Waals surface area contributed by atoms with Gasteiger partial charge in [0.1, 0.15) is 0 Å². The first-order chi connectivity index (χ1) is 4.77. The minimum Gasteiger partial charge on any atom is -0.755 e. The maximum Gasteiger partial charge on any atom is 0.0442 e. The van der Waals surface area contributed by atoms with Crippen LogP contribution < -0.4 is 4.72 Å². The van der Waals surface area contributed by atoms with Gasteiger partial charge in [0.15, 0.2) is 0 Å². The number of hydrogen-bond donors (Lipinski definition) is 1. The molecule has 1 N–H and O–H groups in total. The molecule has 0 saturated carbocycles. The van der Waals surface area contributed by atoms with Gasteiger partial charge in [-0.2, -0.15) is 0 Å². The highest BCUT2D eigenvalue weighted by Gasteiger charge is 1.76. The predicted molar refractivity (Wildman–Crippen MR) is 40.7 cm³/mol. The van der Waals surface area contributed by atoms with Crippen LogP contribution in [0.2, 0.25) is 0 Å². The Bertz CT molecular complexity index is 125. The Balaban J connectivity index is 3.12. The summed E-state index contributed by atoms with van der Waals surface area (Å²) in [6.07, 6.45) is 6.41. The molecule has 0 rings (SSSR count). The van der Waals surface area contributed by atoms with Crippen molar-refractivity contribution in [1.82, 2.24) is 4.72 Å². The molecule has 0 aliphatic rings. The van der Waals surface area contributed by atoms with Crippen LogP contribution >= 0.6 is 0 Å². The average Bonchev–Trinajstić information content (AvgIpc) is 1.87. The van der Waals surface area contributed by atoms with Gasteiger partial charge in [0, 0.05) is 17.5 Å². The Labute approximate surface area is 63.9 Å². The van der Waals surface area contributed by atoms with Crippen molar-refractivity contribution in [1.29, 1.82) is 0 Å². The van der Waals surface area contributed by atoms with Crippen LogP contribution in [0.5, 0.6) is 0 Å². The SMILES string of the molecule is CCCCC=CNS(=O)[O-]. The Morgan fingerprint density at radius 1 is 1.70 bits per heavy atom. The van der Waals surface area contributed by atoms with Gasteiger partial charge in [-0.05, 0) is 6.42 Å². The first-order valence-corrected chi connectivity index (χ1v) is 4.35. The molecule has 4 heteroatoms. The minimum atomic E-state index is -2.16. The van der Waals surface area contributed by atoms with Crippen molar-refractivity contribution in [2.75, 3.05) is 0 Å². The molecule has 0 aliphatic heterocycles. The zero-order chi connectivity index (χ0) is 7.82. The predicted octanol–water partition coefficient (Wildman–Crippen LogP) is 1.07. The summed E-state index contributed by atoms with van der Waals surface area (Å²) in [6.45, 7) is 2.09. The van der Waals surface area contributed by atoms with E-state index in [1.807, 2.05) is 0 Å². The fourth-order valence-electron chi connectivity index (χ4n) is 0.509. The lowest BCUT2D eigenvalue weighted by molar-refractivity contribution is 0.531. The molecular formula is C6H12NO2S-. The van der Waals surface area contributed by atoms with E-state index < -0.39 is 11.3 Å². The van der Waals surface area contributed by atoms with Crippen molar-refractivity contribution in [2.45, 2.75) is 26.2 Å². The summed E-state index contributed by atoms with van der Waals surface area (Å²) in [5.41, 5.74) is 0. The smallest absolute Gasteiger partial charge is 0.0442 e. The number of allylic oxidation sites excluding steroid dienone is 1. The second-order valence-corrected chi connectivity index (χ2v) is 2.60. The lowest BCUT2D eigenvalue weighted by Gasteiger charge is -2.00. The van der Waals surface area contributed by atoms with Gasteiger partial charge in [0.2, 0.25) is 0 Å². The Kier molecular flexibility index (Phi) is 6.53. The molecule has 0 radical (unpaired) electrons. The molecule has 0 aromatic heterocycles. The standard InChI is InChI=1S/C6H13NO2S/c1-2-3-4-5-6-7-10(8)9/h5-7H,2-4H2,1H3,(H,8,9)/p-1. The molecule has 0 aromatic carbocycles. The van der Waals surface area contributed by atoms with E-state index in [1.54, 1.807) is 6.08 Å². The molecule has 0 aliphatic carbocycles. The third kappa shape index (κ3) is 7.65. The molecule has 0 amide bonds. The van der Waals surface area contributed by atoms with Gasteiger partial charge in [-0.25, -0.2) is 0 Å². The van der Waals surface area contributed by atoms with Crippen LogP contribution in [0.15, 0.2) is 12.3 Å². The zero-order valence-electron chi connectivity index (χ0n) is 6.00. The maximum absolute atomic E-state index is 9.87. The van der Waals surface area contributed by atoms with Gasteiger partial charge in [-0.1, -0.05) is 25.8 Å². The minimum absolute atomic E-state index is 0.931. The monoisotopic (exact) mass is 162 g/mol. The quantitative estimate of drug-likeness (QED) is 0.485. The van der Waals surface area contributed by atoms with Gasteiger partial charge in [0.05, 0.1) is 0 Å². The van der Waals surface area contributed by atoms with Crippen LogP contribution in [0, 0.1) is 0 Å². The lowest BCUT2D eigenvalue weighted by atomic mass is 10.2. The molecule has 60 valence electrons. The summed E-state index contributed by atoms with van der Waals surface area (Å²) < 4.78 is 21.9. The van der Waals surface area contributed by atoms with Gasteiger partial charge in [0.25, 0.3) is 0 Å². The van der Waals surface area contributed by atoms with E-state index in [9.17, 15) is 8.76 Å². The third-order valence-electron chi connectivity index (χ3n) is 1.01. The second-order valence-electron chi connectivity index (χ2n) is 1.90. The van der Waals surface area contributed by atoms with Crippen LogP contribution in [0.4, 0.5) is 0 Å². The van der Waals surface area contributed by atoms with Crippen molar-refractivity contribution in [3.63, 3.8) is 0 Å². The summed E-state index contributed by atoms with van der Waals surface area (Å²) in [5, 5.41) is 0.